The summed E-state index contributed by atoms with van der Waals surface area (Å²) in [5.74, 6) is 1.26. The van der Waals surface area contributed by atoms with Crippen LogP contribution in [-0.2, 0) is 6.54 Å². The van der Waals surface area contributed by atoms with E-state index in [1.165, 1.54) is 0 Å². The van der Waals surface area contributed by atoms with Gasteiger partial charge in [0, 0.05) is 15.6 Å². The van der Waals surface area contributed by atoms with Gasteiger partial charge in [-0.3, -0.25) is 0 Å². The molecule has 1 N–H and O–H groups in total. The Morgan fingerprint density at radius 2 is 1.87 bits per heavy atom. The number of hydrogen-bond donors (Lipinski definition) is 1. The number of benzene rings is 2. The molecule has 23 heavy (non-hydrogen) atoms. The Morgan fingerprint density at radius 3 is 2.48 bits per heavy atom. The van der Waals surface area contributed by atoms with Crippen LogP contribution in [0.25, 0.3) is 0 Å². The smallest absolute Gasteiger partial charge is 0.174 e. The van der Waals surface area contributed by atoms with Crippen molar-refractivity contribution in [1.29, 1.82) is 0 Å². The third kappa shape index (κ3) is 4.53. The molecule has 2 rings (SSSR count). The standard InChI is InChI=1S/C16H15BrCl2N2O2/c1-22-15-7-10(6-12(17)16(15)23-2)8-20-21-9-11-13(18)4-3-5-14(11)19/h3-8,21H,9H2,1-2H3/b20-8+. The first-order chi connectivity index (χ1) is 11.1. The molecule has 4 nitrogen and oxygen atoms in total. The fraction of sp³-hybridized carbons (Fsp3) is 0.188. The largest absolute Gasteiger partial charge is 0.493 e. The van der Waals surface area contributed by atoms with Gasteiger partial charge in [0.2, 0.25) is 0 Å². The molecule has 7 heteroatoms. The van der Waals surface area contributed by atoms with Crippen molar-refractivity contribution in [3.63, 3.8) is 0 Å². The van der Waals surface area contributed by atoms with Crippen LogP contribution < -0.4 is 14.9 Å². The van der Waals surface area contributed by atoms with Crippen LogP contribution in [0.5, 0.6) is 11.5 Å². The highest BCUT2D eigenvalue weighted by atomic mass is 79.9. The van der Waals surface area contributed by atoms with Gasteiger partial charge in [-0.1, -0.05) is 29.3 Å². The van der Waals surface area contributed by atoms with Gasteiger partial charge in [0.25, 0.3) is 0 Å². The number of hydrogen-bond acceptors (Lipinski definition) is 4. The minimum Gasteiger partial charge on any atom is -0.493 e. The molecule has 0 atom stereocenters. The summed E-state index contributed by atoms with van der Waals surface area (Å²) < 4.78 is 11.4. The van der Waals surface area contributed by atoms with E-state index in [0.717, 1.165) is 15.6 Å². The van der Waals surface area contributed by atoms with Crippen LogP contribution in [0.3, 0.4) is 0 Å². The van der Waals surface area contributed by atoms with Crippen molar-refractivity contribution in [2.45, 2.75) is 6.54 Å². The average Bonchev–Trinajstić information content (AvgIpc) is 2.53. The highest BCUT2D eigenvalue weighted by Gasteiger charge is 2.09. The molecule has 0 fully saturated rings. The van der Waals surface area contributed by atoms with Crippen LogP contribution in [-0.4, -0.2) is 20.4 Å². The lowest BCUT2D eigenvalue weighted by atomic mass is 10.2. The maximum Gasteiger partial charge on any atom is 0.174 e. The fourth-order valence-corrected chi connectivity index (χ4v) is 3.11. The number of halogens is 3. The molecule has 0 aliphatic carbocycles. The molecule has 0 aliphatic rings. The van der Waals surface area contributed by atoms with Gasteiger partial charge in [0.15, 0.2) is 11.5 Å². The van der Waals surface area contributed by atoms with E-state index in [9.17, 15) is 0 Å². The van der Waals surface area contributed by atoms with E-state index in [1.807, 2.05) is 12.1 Å². The van der Waals surface area contributed by atoms with Crippen molar-refractivity contribution in [2.75, 3.05) is 14.2 Å². The number of nitrogens with one attached hydrogen (secondary N) is 1. The van der Waals surface area contributed by atoms with Crippen molar-refractivity contribution in [3.8, 4) is 11.5 Å². The maximum atomic E-state index is 6.11. The number of ether oxygens (including phenoxy) is 2. The topological polar surface area (TPSA) is 42.8 Å². The van der Waals surface area contributed by atoms with Crippen LogP contribution in [0, 0.1) is 0 Å². The normalized spacial score (nSPS) is 10.8. The summed E-state index contributed by atoms with van der Waals surface area (Å²) in [4.78, 5) is 0. The second kappa shape index (κ2) is 8.43. The van der Waals surface area contributed by atoms with Crippen LogP contribution in [0.2, 0.25) is 10.0 Å². The monoisotopic (exact) mass is 416 g/mol. The summed E-state index contributed by atoms with van der Waals surface area (Å²) in [6.45, 7) is 0.434. The third-order valence-corrected chi connectivity index (χ3v) is 4.38. The summed E-state index contributed by atoms with van der Waals surface area (Å²) in [6, 6.07) is 9.10. The Kier molecular flexibility index (Phi) is 6.57. The van der Waals surface area contributed by atoms with Crippen molar-refractivity contribution in [2.24, 2.45) is 5.10 Å². The second-order valence-electron chi connectivity index (χ2n) is 4.53. The average molecular weight is 418 g/mol. The molecule has 0 unspecified atom stereocenters. The predicted molar refractivity (Wildman–Crippen MR) is 98.1 cm³/mol. The molecule has 0 radical (unpaired) electrons. The maximum absolute atomic E-state index is 6.11. The third-order valence-electron chi connectivity index (χ3n) is 3.08. The minimum atomic E-state index is 0.434. The van der Waals surface area contributed by atoms with Gasteiger partial charge in [-0.05, 0) is 45.8 Å². The number of rotatable bonds is 6. The molecule has 0 spiro atoms. The highest BCUT2D eigenvalue weighted by molar-refractivity contribution is 9.10. The lowest BCUT2D eigenvalue weighted by Gasteiger charge is -2.10. The lowest BCUT2D eigenvalue weighted by Crippen LogP contribution is -2.06. The number of methoxy groups -OCH3 is 2. The van der Waals surface area contributed by atoms with E-state index in [2.05, 4.69) is 26.5 Å². The molecular weight excluding hydrogens is 403 g/mol. The van der Waals surface area contributed by atoms with Gasteiger partial charge in [0.1, 0.15) is 0 Å². The Hall–Kier alpha value is -1.43. The van der Waals surface area contributed by atoms with Gasteiger partial charge in [0.05, 0.1) is 31.5 Å². The second-order valence-corrected chi connectivity index (χ2v) is 6.20. The molecule has 0 saturated heterocycles. The summed E-state index contributed by atoms with van der Waals surface area (Å²) in [7, 11) is 3.17. The lowest BCUT2D eigenvalue weighted by molar-refractivity contribution is 0.353. The van der Waals surface area contributed by atoms with Crippen LogP contribution in [0.15, 0.2) is 39.9 Å². The van der Waals surface area contributed by atoms with Crippen LogP contribution in [0.4, 0.5) is 0 Å². The van der Waals surface area contributed by atoms with E-state index in [0.29, 0.717) is 28.1 Å². The molecule has 0 amide bonds. The van der Waals surface area contributed by atoms with Gasteiger partial charge in [-0.15, -0.1) is 0 Å². The van der Waals surface area contributed by atoms with Crippen LogP contribution >= 0.6 is 39.1 Å². The van der Waals surface area contributed by atoms with E-state index in [-0.39, 0.29) is 0 Å². The zero-order chi connectivity index (χ0) is 16.8. The molecule has 0 saturated carbocycles. The van der Waals surface area contributed by atoms with Crippen molar-refractivity contribution < 1.29 is 9.47 Å². The summed E-state index contributed by atoms with van der Waals surface area (Å²) >= 11 is 15.7. The van der Waals surface area contributed by atoms with E-state index >= 15 is 0 Å². The first kappa shape index (κ1) is 17.9. The Bertz CT molecular complexity index is 703. The van der Waals surface area contributed by atoms with Crippen LogP contribution in [0.1, 0.15) is 11.1 Å². The highest BCUT2D eigenvalue weighted by Crippen LogP contribution is 2.35. The molecular formula is C16H15BrCl2N2O2. The fourth-order valence-electron chi connectivity index (χ4n) is 1.96. The van der Waals surface area contributed by atoms with Gasteiger partial charge in [-0.25, -0.2) is 0 Å². The number of hydrazone groups is 1. The predicted octanol–water partition coefficient (Wildman–Crippen LogP) is 4.90. The molecule has 2 aromatic carbocycles. The molecule has 0 aromatic heterocycles. The van der Waals surface area contributed by atoms with E-state index in [4.69, 9.17) is 32.7 Å². The Morgan fingerprint density at radius 1 is 1.17 bits per heavy atom. The summed E-state index contributed by atoms with van der Waals surface area (Å²) in [6.07, 6.45) is 1.68. The molecule has 0 aliphatic heterocycles. The van der Waals surface area contributed by atoms with Gasteiger partial charge >= 0.3 is 0 Å². The van der Waals surface area contributed by atoms with Gasteiger partial charge in [-0.2, -0.15) is 5.10 Å². The van der Waals surface area contributed by atoms with Crippen molar-refractivity contribution >= 4 is 45.3 Å². The molecule has 122 valence electrons. The van der Waals surface area contributed by atoms with Gasteiger partial charge < -0.3 is 14.9 Å². The zero-order valence-corrected chi connectivity index (χ0v) is 15.7. The van der Waals surface area contributed by atoms with E-state index < -0.39 is 0 Å². The zero-order valence-electron chi connectivity index (χ0n) is 12.6. The minimum absolute atomic E-state index is 0.434. The van der Waals surface area contributed by atoms with Crippen molar-refractivity contribution in [1.82, 2.24) is 5.43 Å². The molecule has 2 aromatic rings. The summed E-state index contributed by atoms with van der Waals surface area (Å²) in [5.41, 5.74) is 4.59. The number of nitrogens with zero attached hydrogens (tertiary/aromatic N) is 1. The first-order valence-electron chi connectivity index (χ1n) is 6.67. The van der Waals surface area contributed by atoms with E-state index in [1.54, 1.807) is 38.6 Å². The summed E-state index contributed by atoms with van der Waals surface area (Å²) in [5, 5.41) is 5.39. The van der Waals surface area contributed by atoms with Crippen molar-refractivity contribution in [3.05, 3.63) is 56.0 Å². The Labute approximate surface area is 153 Å². The molecule has 0 heterocycles. The quantitative estimate of drug-likeness (QED) is 0.537. The Balaban J connectivity index is 2.08. The SMILES string of the molecule is COc1cc(/C=N/NCc2c(Cl)cccc2Cl)cc(Br)c1OC. The first-order valence-corrected chi connectivity index (χ1v) is 8.22. The molecule has 0 bridgehead atoms.